The Morgan fingerprint density at radius 2 is 1.96 bits per heavy atom. The Balaban J connectivity index is 1.81. The number of hydrogen-bond acceptors (Lipinski definition) is 3. The summed E-state index contributed by atoms with van der Waals surface area (Å²) in [4.78, 5) is 23.7. The van der Waals surface area contributed by atoms with Gasteiger partial charge in [0, 0.05) is 17.3 Å². The van der Waals surface area contributed by atoms with Crippen LogP contribution in [0.4, 0.5) is 20.2 Å². The molecule has 1 aliphatic heterocycles. The van der Waals surface area contributed by atoms with Crippen LogP contribution in [0.3, 0.4) is 0 Å². The molecular weight excluding hydrogens is 306 g/mol. The molecule has 1 unspecified atom stereocenters. The molecule has 0 saturated heterocycles. The van der Waals surface area contributed by atoms with E-state index in [1.54, 1.807) is 13.0 Å². The van der Waals surface area contributed by atoms with Crippen molar-refractivity contribution in [2.45, 2.75) is 13.0 Å². The second-order valence-corrected chi connectivity index (χ2v) is 5.04. The average Bonchev–Trinajstić information content (AvgIpc) is 2.51. The van der Waals surface area contributed by atoms with Gasteiger partial charge < -0.3 is 15.4 Å². The van der Waals surface area contributed by atoms with E-state index in [2.05, 4.69) is 10.6 Å². The van der Waals surface area contributed by atoms with Crippen LogP contribution in [0.1, 0.15) is 17.3 Å². The number of hydrogen-bond donors (Lipinski definition) is 2. The van der Waals surface area contributed by atoms with Gasteiger partial charge in [0.25, 0.3) is 11.8 Å². The van der Waals surface area contributed by atoms with E-state index in [4.69, 9.17) is 4.74 Å². The third-order valence-corrected chi connectivity index (χ3v) is 3.35. The fourth-order valence-corrected chi connectivity index (χ4v) is 2.12. The summed E-state index contributed by atoms with van der Waals surface area (Å²) in [5.74, 6) is -2.44. The number of ether oxygens (including phenoxy) is 1. The van der Waals surface area contributed by atoms with Crippen molar-refractivity contribution >= 4 is 23.2 Å². The van der Waals surface area contributed by atoms with Crippen molar-refractivity contribution in [3.63, 3.8) is 0 Å². The Morgan fingerprint density at radius 1 is 1.17 bits per heavy atom. The van der Waals surface area contributed by atoms with E-state index >= 15 is 0 Å². The first-order valence-electron chi connectivity index (χ1n) is 6.82. The molecule has 2 aromatic rings. The monoisotopic (exact) mass is 318 g/mol. The van der Waals surface area contributed by atoms with Gasteiger partial charge in [-0.2, -0.15) is 0 Å². The third kappa shape index (κ3) is 2.98. The summed E-state index contributed by atoms with van der Waals surface area (Å²) >= 11 is 0. The molecule has 3 rings (SSSR count). The Morgan fingerprint density at radius 3 is 2.70 bits per heavy atom. The quantitative estimate of drug-likeness (QED) is 0.894. The van der Waals surface area contributed by atoms with E-state index < -0.39 is 23.6 Å². The first-order chi connectivity index (χ1) is 10.9. The van der Waals surface area contributed by atoms with Gasteiger partial charge in [0.1, 0.15) is 5.75 Å². The maximum Gasteiger partial charge on any atom is 0.265 e. The summed E-state index contributed by atoms with van der Waals surface area (Å²) in [6, 6.07) is 7.59. The van der Waals surface area contributed by atoms with E-state index in [0.717, 1.165) is 12.1 Å². The number of carbonyl (C=O) groups excluding carboxylic acids is 2. The molecule has 0 spiro atoms. The van der Waals surface area contributed by atoms with Gasteiger partial charge in [0.05, 0.1) is 5.69 Å². The molecule has 0 fully saturated rings. The molecule has 0 saturated carbocycles. The zero-order valence-electron chi connectivity index (χ0n) is 12.0. The number of carbonyl (C=O) groups is 2. The summed E-state index contributed by atoms with van der Waals surface area (Å²) < 4.78 is 31.4. The molecular formula is C16H12F2N2O3. The number of nitrogens with one attached hydrogen (secondary N) is 2. The van der Waals surface area contributed by atoms with Gasteiger partial charge in [0.15, 0.2) is 17.7 Å². The lowest BCUT2D eigenvalue weighted by atomic mass is 10.1. The number of anilines is 2. The minimum atomic E-state index is -1.05. The van der Waals surface area contributed by atoms with Crippen molar-refractivity contribution in [3.8, 4) is 5.75 Å². The van der Waals surface area contributed by atoms with Gasteiger partial charge in [-0.1, -0.05) is 0 Å². The van der Waals surface area contributed by atoms with Crippen molar-refractivity contribution in [2.24, 2.45) is 0 Å². The van der Waals surface area contributed by atoms with Crippen LogP contribution >= 0.6 is 0 Å². The molecule has 7 heteroatoms. The number of halogens is 2. The summed E-state index contributed by atoms with van der Waals surface area (Å²) in [6.45, 7) is 1.59. The molecule has 1 heterocycles. The van der Waals surface area contributed by atoms with Gasteiger partial charge in [-0.3, -0.25) is 9.59 Å². The molecule has 2 N–H and O–H groups in total. The Labute approximate surface area is 130 Å². The fourth-order valence-electron chi connectivity index (χ4n) is 2.12. The van der Waals surface area contributed by atoms with E-state index in [0.29, 0.717) is 11.4 Å². The zero-order valence-corrected chi connectivity index (χ0v) is 12.0. The smallest absolute Gasteiger partial charge is 0.265 e. The molecule has 2 amide bonds. The number of benzene rings is 2. The minimum Gasteiger partial charge on any atom is -0.479 e. The van der Waals surface area contributed by atoms with Crippen molar-refractivity contribution in [3.05, 3.63) is 53.6 Å². The normalized spacial score (nSPS) is 16.1. The molecule has 0 aromatic heterocycles. The van der Waals surface area contributed by atoms with Crippen LogP contribution in [-0.4, -0.2) is 17.9 Å². The predicted molar refractivity (Wildman–Crippen MR) is 79.5 cm³/mol. The van der Waals surface area contributed by atoms with Gasteiger partial charge in [0.2, 0.25) is 0 Å². The summed E-state index contributed by atoms with van der Waals surface area (Å²) in [6.07, 6.45) is -0.660. The molecule has 0 radical (unpaired) electrons. The Kier molecular flexibility index (Phi) is 3.69. The molecule has 1 aliphatic rings. The van der Waals surface area contributed by atoms with Crippen molar-refractivity contribution < 1.29 is 23.1 Å². The van der Waals surface area contributed by atoms with E-state index in [1.807, 2.05) is 0 Å². The molecule has 2 aromatic carbocycles. The van der Waals surface area contributed by atoms with Crippen LogP contribution in [0.5, 0.6) is 5.75 Å². The predicted octanol–water partition coefficient (Wildman–Crippen LogP) is 2.94. The Hall–Kier alpha value is -2.96. The third-order valence-electron chi connectivity index (χ3n) is 3.35. The number of rotatable bonds is 2. The standard InChI is InChI=1S/C16H12F2N2O3/c1-8-15(21)20-13-5-2-9(6-14(13)23-8)16(22)19-10-3-4-11(17)12(18)7-10/h2-8H,1H3,(H,19,22)(H,20,21). The largest absolute Gasteiger partial charge is 0.479 e. The minimum absolute atomic E-state index is 0.134. The number of amides is 2. The van der Waals surface area contributed by atoms with Crippen LogP contribution in [0.2, 0.25) is 0 Å². The van der Waals surface area contributed by atoms with Crippen LogP contribution in [0, 0.1) is 11.6 Å². The summed E-state index contributed by atoms with van der Waals surface area (Å²) in [7, 11) is 0. The molecule has 23 heavy (non-hydrogen) atoms. The van der Waals surface area contributed by atoms with E-state index in [1.165, 1.54) is 18.2 Å². The highest BCUT2D eigenvalue weighted by Crippen LogP contribution is 2.30. The summed E-state index contributed by atoms with van der Waals surface area (Å²) in [5, 5.41) is 5.12. The van der Waals surface area contributed by atoms with Gasteiger partial charge in [-0.25, -0.2) is 8.78 Å². The molecule has 0 aliphatic carbocycles. The maximum absolute atomic E-state index is 13.2. The van der Waals surface area contributed by atoms with E-state index in [9.17, 15) is 18.4 Å². The highest BCUT2D eigenvalue weighted by molar-refractivity contribution is 6.05. The molecule has 1 atom stereocenters. The van der Waals surface area contributed by atoms with E-state index in [-0.39, 0.29) is 17.2 Å². The number of fused-ring (bicyclic) bond motifs is 1. The first kappa shape index (κ1) is 15.0. The highest BCUT2D eigenvalue weighted by Gasteiger charge is 2.24. The molecule has 118 valence electrons. The SMILES string of the molecule is CC1Oc2cc(C(=O)Nc3ccc(F)c(F)c3)ccc2NC1=O. The Bertz CT molecular complexity index is 808. The van der Waals surface area contributed by atoms with Gasteiger partial charge in [-0.05, 0) is 37.3 Å². The first-order valence-corrected chi connectivity index (χ1v) is 6.82. The van der Waals surface area contributed by atoms with Crippen molar-refractivity contribution in [2.75, 3.05) is 10.6 Å². The van der Waals surface area contributed by atoms with Crippen LogP contribution < -0.4 is 15.4 Å². The average molecular weight is 318 g/mol. The van der Waals surface area contributed by atoms with Gasteiger partial charge in [-0.15, -0.1) is 0 Å². The molecule has 0 bridgehead atoms. The topological polar surface area (TPSA) is 67.4 Å². The fraction of sp³-hybridized carbons (Fsp3) is 0.125. The maximum atomic E-state index is 13.2. The van der Waals surface area contributed by atoms with Gasteiger partial charge >= 0.3 is 0 Å². The van der Waals surface area contributed by atoms with Crippen LogP contribution in [0.15, 0.2) is 36.4 Å². The van der Waals surface area contributed by atoms with Crippen molar-refractivity contribution in [1.82, 2.24) is 0 Å². The summed E-state index contributed by atoms with van der Waals surface area (Å²) in [5.41, 5.74) is 0.864. The highest BCUT2D eigenvalue weighted by atomic mass is 19.2. The zero-order chi connectivity index (χ0) is 16.6. The van der Waals surface area contributed by atoms with Crippen LogP contribution in [0.25, 0.3) is 0 Å². The lowest BCUT2D eigenvalue weighted by molar-refractivity contribution is -0.122. The second kappa shape index (κ2) is 5.68. The van der Waals surface area contributed by atoms with Crippen LogP contribution in [-0.2, 0) is 4.79 Å². The lowest BCUT2D eigenvalue weighted by Gasteiger charge is -2.23. The molecule has 5 nitrogen and oxygen atoms in total. The second-order valence-electron chi connectivity index (χ2n) is 5.04. The lowest BCUT2D eigenvalue weighted by Crippen LogP contribution is -2.34. The van der Waals surface area contributed by atoms with Crippen molar-refractivity contribution in [1.29, 1.82) is 0 Å².